The molecular formula is C13H18ClN3O2. The molecule has 1 aliphatic heterocycles. The first-order valence-electron chi connectivity index (χ1n) is 6.53. The average molecular weight is 284 g/mol. The fraction of sp³-hybridized carbons (Fsp3) is 0.538. The molecule has 1 aromatic rings. The van der Waals surface area contributed by atoms with Crippen LogP contribution in [0.2, 0.25) is 5.02 Å². The third-order valence-electron chi connectivity index (χ3n) is 3.39. The van der Waals surface area contributed by atoms with Gasteiger partial charge in [-0.2, -0.15) is 0 Å². The van der Waals surface area contributed by atoms with E-state index in [1.807, 2.05) is 0 Å². The summed E-state index contributed by atoms with van der Waals surface area (Å²) in [7, 11) is 0. The van der Waals surface area contributed by atoms with Crippen LogP contribution in [0, 0.1) is 10.1 Å². The maximum Gasteiger partial charge on any atom is 0.294 e. The number of rotatable bonds is 4. The number of nitro groups is 1. The second-order valence-corrected chi connectivity index (χ2v) is 5.16. The van der Waals surface area contributed by atoms with Crippen molar-refractivity contribution in [2.24, 2.45) is 0 Å². The molecule has 1 aliphatic rings. The summed E-state index contributed by atoms with van der Waals surface area (Å²) < 4.78 is 0. The normalized spacial score (nSPS) is 16.6. The maximum absolute atomic E-state index is 11.1. The van der Waals surface area contributed by atoms with Crippen LogP contribution in [0.5, 0.6) is 0 Å². The van der Waals surface area contributed by atoms with Crippen LogP contribution < -0.4 is 4.90 Å². The Morgan fingerprint density at radius 1 is 1.32 bits per heavy atom. The summed E-state index contributed by atoms with van der Waals surface area (Å²) in [4.78, 5) is 15.2. The van der Waals surface area contributed by atoms with E-state index >= 15 is 0 Å². The second-order valence-electron chi connectivity index (χ2n) is 4.72. The Kier molecular flexibility index (Phi) is 4.61. The number of halogens is 1. The molecule has 104 valence electrons. The van der Waals surface area contributed by atoms with Gasteiger partial charge < -0.3 is 4.90 Å². The van der Waals surface area contributed by atoms with Crippen LogP contribution in [0.15, 0.2) is 18.2 Å². The summed E-state index contributed by atoms with van der Waals surface area (Å²) in [5.41, 5.74) is 0.766. The van der Waals surface area contributed by atoms with Crippen LogP contribution >= 0.6 is 11.6 Å². The Labute approximate surface area is 117 Å². The molecule has 1 aromatic carbocycles. The van der Waals surface area contributed by atoms with Crippen LogP contribution in [0.25, 0.3) is 0 Å². The van der Waals surface area contributed by atoms with Crippen molar-refractivity contribution in [3.8, 4) is 0 Å². The van der Waals surface area contributed by atoms with E-state index in [2.05, 4.69) is 16.7 Å². The molecule has 1 saturated heterocycles. The fourth-order valence-corrected chi connectivity index (χ4v) is 2.61. The molecule has 19 heavy (non-hydrogen) atoms. The quantitative estimate of drug-likeness (QED) is 0.630. The van der Waals surface area contributed by atoms with Gasteiger partial charge in [0, 0.05) is 37.3 Å². The molecule has 0 spiro atoms. The highest BCUT2D eigenvalue weighted by Gasteiger charge is 2.23. The summed E-state index contributed by atoms with van der Waals surface area (Å²) in [5.74, 6) is 0. The number of hydrogen-bond acceptors (Lipinski definition) is 4. The highest BCUT2D eigenvalue weighted by molar-refractivity contribution is 6.30. The predicted octanol–water partition coefficient (Wildman–Crippen LogP) is 2.78. The van der Waals surface area contributed by atoms with Gasteiger partial charge in [-0.05, 0) is 25.1 Å². The third-order valence-corrected chi connectivity index (χ3v) is 3.62. The highest BCUT2D eigenvalue weighted by atomic mass is 35.5. The number of hydrogen-bond donors (Lipinski definition) is 0. The van der Waals surface area contributed by atoms with E-state index in [0.717, 1.165) is 39.1 Å². The Morgan fingerprint density at radius 2 is 2.00 bits per heavy atom. The van der Waals surface area contributed by atoms with E-state index in [-0.39, 0.29) is 10.6 Å². The van der Waals surface area contributed by atoms with Gasteiger partial charge in [0.05, 0.1) is 4.92 Å². The van der Waals surface area contributed by atoms with Crippen molar-refractivity contribution < 1.29 is 4.92 Å². The largest absolute Gasteiger partial charge is 0.363 e. The summed E-state index contributed by atoms with van der Waals surface area (Å²) in [6.45, 7) is 6.80. The third kappa shape index (κ3) is 3.36. The first-order valence-corrected chi connectivity index (χ1v) is 6.91. The Balaban J connectivity index is 2.13. The number of anilines is 1. The number of benzene rings is 1. The summed E-state index contributed by atoms with van der Waals surface area (Å²) in [5, 5.41) is 11.5. The summed E-state index contributed by atoms with van der Waals surface area (Å²) >= 11 is 5.83. The summed E-state index contributed by atoms with van der Waals surface area (Å²) in [6.07, 6.45) is 1.14. The second kappa shape index (κ2) is 6.21. The minimum absolute atomic E-state index is 0.0939. The minimum atomic E-state index is -0.361. The lowest BCUT2D eigenvalue weighted by Crippen LogP contribution is -2.46. The average Bonchev–Trinajstić information content (AvgIpc) is 2.40. The van der Waals surface area contributed by atoms with Crippen molar-refractivity contribution >= 4 is 23.0 Å². The Bertz CT molecular complexity index is 459. The molecule has 0 amide bonds. The van der Waals surface area contributed by atoms with Gasteiger partial charge in [0.25, 0.3) is 5.69 Å². The van der Waals surface area contributed by atoms with E-state index in [4.69, 9.17) is 11.6 Å². The lowest BCUT2D eigenvalue weighted by Gasteiger charge is -2.35. The molecule has 1 heterocycles. The zero-order chi connectivity index (χ0) is 13.8. The van der Waals surface area contributed by atoms with E-state index in [1.54, 1.807) is 12.1 Å². The molecule has 2 rings (SSSR count). The van der Waals surface area contributed by atoms with Crippen molar-refractivity contribution in [1.29, 1.82) is 0 Å². The lowest BCUT2D eigenvalue weighted by atomic mass is 10.2. The molecule has 0 saturated carbocycles. The standard InChI is InChI=1S/C13H18ClN3O2/c1-2-5-15-6-8-16(9-7-15)12-4-3-11(14)10-13(12)17(18)19/h3-4,10H,2,5-9H2,1H3. The van der Waals surface area contributed by atoms with Gasteiger partial charge in [-0.3, -0.25) is 15.0 Å². The molecule has 0 bridgehead atoms. The van der Waals surface area contributed by atoms with E-state index < -0.39 is 0 Å². The number of nitrogens with zero attached hydrogens (tertiary/aromatic N) is 3. The van der Waals surface area contributed by atoms with Gasteiger partial charge in [0.15, 0.2) is 0 Å². The lowest BCUT2D eigenvalue weighted by molar-refractivity contribution is -0.384. The molecule has 6 heteroatoms. The van der Waals surface area contributed by atoms with Crippen molar-refractivity contribution in [3.63, 3.8) is 0 Å². The molecule has 5 nitrogen and oxygen atoms in total. The fourth-order valence-electron chi connectivity index (χ4n) is 2.44. The number of piperazine rings is 1. The Hall–Kier alpha value is -1.33. The van der Waals surface area contributed by atoms with Crippen molar-refractivity contribution in [1.82, 2.24) is 4.90 Å². The van der Waals surface area contributed by atoms with Crippen molar-refractivity contribution in [2.75, 3.05) is 37.6 Å². The zero-order valence-electron chi connectivity index (χ0n) is 11.0. The number of nitro benzene ring substituents is 1. The SMILES string of the molecule is CCCN1CCN(c2ccc(Cl)cc2[N+](=O)[O-])CC1. The van der Waals surface area contributed by atoms with Gasteiger partial charge >= 0.3 is 0 Å². The van der Waals surface area contributed by atoms with Gasteiger partial charge in [-0.15, -0.1) is 0 Å². The Morgan fingerprint density at radius 3 is 2.58 bits per heavy atom. The first-order chi connectivity index (χ1) is 9.11. The van der Waals surface area contributed by atoms with Gasteiger partial charge in [-0.25, -0.2) is 0 Å². The van der Waals surface area contributed by atoms with Crippen LogP contribution in [0.3, 0.4) is 0 Å². The molecule has 0 aliphatic carbocycles. The molecule has 0 N–H and O–H groups in total. The molecule has 0 radical (unpaired) electrons. The topological polar surface area (TPSA) is 49.6 Å². The molecule has 0 unspecified atom stereocenters. The smallest absolute Gasteiger partial charge is 0.294 e. The monoisotopic (exact) mass is 283 g/mol. The van der Waals surface area contributed by atoms with Gasteiger partial charge in [0.1, 0.15) is 5.69 Å². The van der Waals surface area contributed by atoms with Crippen LogP contribution in [-0.4, -0.2) is 42.5 Å². The predicted molar refractivity (Wildman–Crippen MR) is 77.1 cm³/mol. The molecule has 0 aromatic heterocycles. The van der Waals surface area contributed by atoms with E-state index in [0.29, 0.717) is 10.7 Å². The maximum atomic E-state index is 11.1. The molecule has 1 fully saturated rings. The van der Waals surface area contributed by atoms with Crippen LogP contribution in [-0.2, 0) is 0 Å². The van der Waals surface area contributed by atoms with Gasteiger partial charge in [-0.1, -0.05) is 18.5 Å². The molecule has 0 atom stereocenters. The minimum Gasteiger partial charge on any atom is -0.363 e. The molecular weight excluding hydrogens is 266 g/mol. The van der Waals surface area contributed by atoms with Crippen LogP contribution in [0.4, 0.5) is 11.4 Å². The van der Waals surface area contributed by atoms with E-state index in [1.165, 1.54) is 6.07 Å². The van der Waals surface area contributed by atoms with Gasteiger partial charge in [0.2, 0.25) is 0 Å². The highest BCUT2D eigenvalue weighted by Crippen LogP contribution is 2.31. The van der Waals surface area contributed by atoms with Crippen molar-refractivity contribution in [3.05, 3.63) is 33.3 Å². The van der Waals surface area contributed by atoms with Crippen LogP contribution in [0.1, 0.15) is 13.3 Å². The van der Waals surface area contributed by atoms with Crippen molar-refractivity contribution in [2.45, 2.75) is 13.3 Å². The first kappa shape index (κ1) is 14.1. The van der Waals surface area contributed by atoms with E-state index in [9.17, 15) is 10.1 Å². The zero-order valence-corrected chi connectivity index (χ0v) is 11.8. The summed E-state index contributed by atoms with van der Waals surface area (Å²) in [6, 6.07) is 4.88.